The molecule has 0 aliphatic rings. The number of ether oxygens (including phenoxy) is 1. The van der Waals surface area contributed by atoms with Crippen molar-refractivity contribution in [2.75, 3.05) is 24.5 Å². The molecule has 0 bridgehead atoms. The van der Waals surface area contributed by atoms with Gasteiger partial charge in [0.2, 0.25) is 11.8 Å². The fourth-order valence-electron chi connectivity index (χ4n) is 4.46. The van der Waals surface area contributed by atoms with Gasteiger partial charge in [0, 0.05) is 13.1 Å². The van der Waals surface area contributed by atoms with Crippen LogP contribution in [0.2, 0.25) is 0 Å². The minimum atomic E-state index is -4.11. The van der Waals surface area contributed by atoms with Gasteiger partial charge in [-0.2, -0.15) is 0 Å². The molecule has 0 unspecified atom stereocenters. The molecule has 3 aromatic rings. The van der Waals surface area contributed by atoms with Crippen molar-refractivity contribution in [3.8, 4) is 5.75 Å². The van der Waals surface area contributed by atoms with Crippen molar-refractivity contribution >= 4 is 27.5 Å². The molecule has 8 nitrogen and oxygen atoms in total. The lowest BCUT2D eigenvalue weighted by molar-refractivity contribution is -0.140. The molecule has 9 heteroatoms. The lowest BCUT2D eigenvalue weighted by atomic mass is 10.1. The molecule has 1 atom stereocenters. The molecule has 0 heterocycles. The Hall–Kier alpha value is -3.85. The van der Waals surface area contributed by atoms with Crippen molar-refractivity contribution in [3.63, 3.8) is 0 Å². The number of aryl methyl sites for hydroxylation is 3. The van der Waals surface area contributed by atoms with Crippen LogP contribution in [-0.2, 0) is 26.2 Å². The fraction of sp³-hybridized carbons (Fsp3) is 0.375. The van der Waals surface area contributed by atoms with Gasteiger partial charge in [-0.25, -0.2) is 8.42 Å². The monoisotopic (exact) mass is 579 g/mol. The first kappa shape index (κ1) is 31.7. The largest absolute Gasteiger partial charge is 0.497 e. The maximum atomic E-state index is 14.1. The molecular weight excluding hydrogens is 538 g/mol. The lowest BCUT2D eigenvalue weighted by Crippen LogP contribution is -2.52. The number of nitrogens with one attached hydrogen (secondary N) is 1. The molecule has 41 heavy (non-hydrogen) atoms. The molecule has 2 amide bonds. The summed E-state index contributed by atoms with van der Waals surface area (Å²) in [6.07, 6.45) is 1.12. The third-order valence-corrected chi connectivity index (χ3v) is 8.90. The summed E-state index contributed by atoms with van der Waals surface area (Å²) in [5.41, 5.74) is 4.01. The predicted molar refractivity (Wildman–Crippen MR) is 163 cm³/mol. The Morgan fingerprint density at radius 2 is 1.56 bits per heavy atom. The van der Waals surface area contributed by atoms with Crippen LogP contribution in [0.1, 0.15) is 48.9 Å². The summed E-state index contributed by atoms with van der Waals surface area (Å²) >= 11 is 0. The van der Waals surface area contributed by atoms with Gasteiger partial charge < -0.3 is 15.0 Å². The van der Waals surface area contributed by atoms with E-state index in [-0.39, 0.29) is 17.3 Å². The van der Waals surface area contributed by atoms with Crippen LogP contribution in [-0.4, -0.2) is 51.4 Å². The van der Waals surface area contributed by atoms with Crippen molar-refractivity contribution < 1.29 is 22.7 Å². The number of rotatable bonds is 13. The maximum Gasteiger partial charge on any atom is 0.264 e. The molecule has 0 saturated heterocycles. The minimum absolute atomic E-state index is 0.0866. The summed E-state index contributed by atoms with van der Waals surface area (Å²) in [6, 6.07) is 18.3. The molecule has 0 spiro atoms. The predicted octanol–water partition coefficient (Wildman–Crippen LogP) is 5.15. The molecule has 220 valence electrons. The zero-order valence-corrected chi connectivity index (χ0v) is 25.6. The van der Waals surface area contributed by atoms with E-state index in [9.17, 15) is 18.0 Å². The number of sulfonamides is 1. The van der Waals surface area contributed by atoms with E-state index in [1.54, 1.807) is 55.6 Å². The first-order valence-corrected chi connectivity index (χ1v) is 15.3. The first-order valence-electron chi connectivity index (χ1n) is 13.9. The van der Waals surface area contributed by atoms with Crippen molar-refractivity contribution in [1.82, 2.24) is 10.2 Å². The zero-order valence-electron chi connectivity index (χ0n) is 24.8. The van der Waals surface area contributed by atoms with Gasteiger partial charge in [0.25, 0.3) is 10.0 Å². The van der Waals surface area contributed by atoms with Gasteiger partial charge in [0.1, 0.15) is 18.3 Å². The van der Waals surface area contributed by atoms with E-state index in [0.29, 0.717) is 24.4 Å². The van der Waals surface area contributed by atoms with Gasteiger partial charge in [-0.1, -0.05) is 49.7 Å². The van der Waals surface area contributed by atoms with Gasteiger partial charge in [-0.05, 0) is 86.7 Å². The van der Waals surface area contributed by atoms with Gasteiger partial charge in [0.05, 0.1) is 17.7 Å². The average molecular weight is 580 g/mol. The van der Waals surface area contributed by atoms with Crippen molar-refractivity contribution in [1.29, 1.82) is 0 Å². The number of hydrogen-bond acceptors (Lipinski definition) is 5. The van der Waals surface area contributed by atoms with Gasteiger partial charge in [-0.3, -0.25) is 13.9 Å². The highest BCUT2D eigenvalue weighted by Gasteiger charge is 2.33. The van der Waals surface area contributed by atoms with Crippen LogP contribution in [0.5, 0.6) is 5.75 Å². The van der Waals surface area contributed by atoms with E-state index in [0.717, 1.165) is 33.0 Å². The van der Waals surface area contributed by atoms with Crippen LogP contribution >= 0.6 is 0 Å². The van der Waals surface area contributed by atoms with Crippen molar-refractivity contribution in [2.45, 2.75) is 64.9 Å². The maximum absolute atomic E-state index is 14.1. The molecule has 0 saturated carbocycles. The smallest absolute Gasteiger partial charge is 0.264 e. The van der Waals surface area contributed by atoms with Crippen LogP contribution in [0.4, 0.5) is 5.69 Å². The molecule has 3 rings (SSSR count). The Kier molecular flexibility index (Phi) is 10.9. The van der Waals surface area contributed by atoms with Gasteiger partial charge in [0.15, 0.2) is 0 Å². The van der Waals surface area contributed by atoms with Crippen LogP contribution < -0.4 is 14.4 Å². The minimum Gasteiger partial charge on any atom is -0.497 e. The summed E-state index contributed by atoms with van der Waals surface area (Å²) in [4.78, 5) is 28.9. The van der Waals surface area contributed by atoms with Crippen LogP contribution in [0.25, 0.3) is 0 Å². The number of benzene rings is 3. The van der Waals surface area contributed by atoms with Gasteiger partial charge >= 0.3 is 0 Å². The van der Waals surface area contributed by atoms with Crippen molar-refractivity contribution in [3.05, 3.63) is 89.0 Å². The van der Waals surface area contributed by atoms with E-state index in [1.807, 2.05) is 52.8 Å². The second-order valence-electron chi connectivity index (χ2n) is 10.2. The summed E-state index contributed by atoms with van der Waals surface area (Å²) in [6.45, 7) is 9.67. The Morgan fingerprint density at radius 3 is 2.12 bits per heavy atom. The number of nitrogens with zero attached hydrogens (tertiary/aromatic N) is 2. The van der Waals surface area contributed by atoms with Gasteiger partial charge in [-0.15, -0.1) is 0 Å². The first-order chi connectivity index (χ1) is 19.5. The summed E-state index contributed by atoms with van der Waals surface area (Å²) in [7, 11) is -2.53. The van der Waals surface area contributed by atoms with E-state index in [2.05, 4.69) is 5.32 Å². The molecular formula is C32H41N3O5S. The number of methoxy groups -OCH3 is 1. The number of amides is 2. The van der Waals surface area contributed by atoms with Crippen LogP contribution in [0.3, 0.4) is 0 Å². The van der Waals surface area contributed by atoms with Crippen LogP contribution in [0, 0.1) is 20.8 Å². The SMILES string of the molecule is CCCNC(=O)[C@@H](CC)N(Cc1ccc(OC)cc1)C(=O)CN(c1ccc(C)c(C)c1)S(=O)(=O)c1ccc(C)cc1. The molecule has 1 N–H and O–H groups in total. The summed E-state index contributed by atoms with van der Waals surface area (Å²) < 4.78 is 34.4. The number of hydrogen-bond donors (Lipinski definition) is 1. The molecule has 0 radical (unpaired) electrons. The number of anilines is 1. The molecule has 0 fully saturated rings. The van der Waals surface area contributed by atoms with E-state index in [4.69, 9.17) is 4.74 Å². The third kappa shape index (κ3) is 7.88. The highest BCUT2D eigenvalue weighted by Crippen LogP contribution is 2.27. The normalized spacial score (nSPS) is 12.0. The van der Waals surface area contributed by atoms with E-state index in [1.165, 1.54) is 4.90 Å². The lowest BCUT2D eigenvalue weighted by Gasteiger charge is -2.33. The number of carbonyl (C=O) groups excluding carboxylic acids is 2. The topological polar surface area (TPSA) is 96.0 Å². The Bertz CT molecular complexity index is 1440. The standard InChI is InChI=1S/C32H41N3O5S/c1-7-19-33-32(37)30(8-2)34(21-26-12-15-28(40-6)16-13-26)31(36)22-35(27-14-11-24(4)25(5)20-27)41(38,39)29-17-9-23(3)10-18-29/h9-18,20,30H,7-8,19,21-22H2,1-6H3,(H,33,37)/t30-/m1/s1. The third-order valence-electron chi connectivity index (χ3n) is 7.11. The highest BCUT2D eigenvalue weighted by atomic mass is 32.2. The zero-order chi connectivity index (χ0) is 30.2. The summed E-state index contributed by atoms with van der Waals surface area (Å²) in [5, 5.41) is 2.90. The summed E-state index contributed by atoms with van der Waals surface area (Å²) in [5.74, 6) is -0.0759. The quantitative estimate of drug-likeness (QED) is 0.302. The van der Waals surface area contributed by atoms with Crippen molar-refractivity contribution in [2.24, 2.45) is 0 Å². The Balaban J connectivity index is 2.07. The fourth-order valence-corrected chi connectivity index (χ4v) is 5.87. The molecule has 0 aromatic heterocycles. The van der Waals surface area contributed by atoms with E-state index < -0.39 is 28.5 Å². The highest BCUT2D eigenvalue weighted by molar-refractivity contribution is 7.92. The molecule has 0 aliphatic carbocycles. The second-order valence-corrected chi connectivity index (χ2v) is 12.0. The number of carbonyl (C=O) groups is 2. The van der Waals surface area contributed by atoms with E-state index >= 15 is 0 Å². The Labute approximate surface area is 244 Å². The average Bonchev–Trinajstić information content (AvgIpc) is 2.96. The van der Waals surface area contributed by atoms with Crippen LogP contribution in [0.15, 0.2) is 71.6 Å². The molecule has 0 aliphatic heterocycles. The molecule has 3 aromatic carbocycles. The Morgan fingerprint density at radius 1 is 0.902 bits per heavy atom. The second kappa shape index (κ2) is 14.2.